The zero-order valence-electron chi connectivity index (χ0n) is 25.4. The molecule has 0 unspecified atom stereocenters. The van der Waals surface area contributed by atoms with Gasteiger partial charge in [-0.15, -0.1) is 0 Å². The monoisotopic (exact) mass is 587 g/mol. The third-order valence-corrected chi connectivity index (χ3v) is 9.85. The van der Waals surface area contributed by atoms with Crippen LogP contribution in [0.2, 0.25) is 0 Å². The zero-order valence-corrected chi connectivity index (χ0v) is 26.3. The van der Waals surface area contributed by atoms with Gasteiger partial charge in [-0.1, -0.05) is 103 Å². The molecule has 0 amide bonds. The third kappa shape index (κ3) is 5.86. The van der Waals surface area contributed by atoms with Gasteiger partial charge in [-0.25, -0.2) is 15.0 Å². The summed E-state index contributed by atoms with van der Waals surface area (Å²) in [5.41, 5.74) is 4.46. The van der Waals surface area contributed by atoms with Gasteiger partial charge in [0.15, 0.2) is 17.5 Å². The predicted octanol–water partition coefficient (Wildman–Crippen LogP) is 7.09. The SMILES string of the molecule is CC1(C)OB(c2ccc(-c3ccc(P(C)(C)=O)cc3)c(-c3nc(-c4ccccc4)nc(-c4ccccc4)n3)c2)OC1(C)C. The molecule has 2 heterocycles. The summed E-state index contributed by atoms with van der Waals surface area (Å²) in [5.74, 6) is 1.72. The molecule has 43 heavy (non-hydrogen) atoms. The van der Waals surface area contributed by atoms with Gasteiger partial charge in [0.05, 0.1) is 11.2 Å². The Morgan fingerprint density at radius 1 is 0.581 bits per heavy atom. The first-order valence-corrected chi connectivity index (χ1v) is 17.0. The summed E-state index contributed by atoms with van der Waals surface area (Å²) in [6.07, 6.45) is 0. The molecule has 5 aromatic rings. The summed E-state index contributed by atoms with van der Waals surface area (Å²) in [6.45, 7) is 11.8. The van der Waals surface area contributed by atoms with Gasteiger partial charge < -0.3 is 13.9 Å². The molecular formula is C35H35BN3O3P. The molecule has 0 spiro atoms. The zero-order chi connectivity index (χ0) is 30.4. The molecule has 0 radical (unpaired) electrons. The number of hydrogen-bond acceptors (Lipinski definition) is 6. The van der Waals surface area contributed by atoms with E-state index in [2.05, 4.69) is 12.1 Å². The molecule has 0 N–H and O–H groups in total. The van der Waals surface area contributed by atoms with Crippen LogP contribution in [0.1, 0.15) is 27.7 Å². The summed E-state index contributed by atoms with van der Waals surface area (Å²) in [4.78, 5) is 14.9. The van der Waals surface area contributed by atoms with Crippen molar-refractivity contribution in [1.29, 1.82) is 0 Å². The molecule has 1 saturated heterocycles. The summed E-state index contributed by atoms with van der Waals surface area (Å²) in [5, 5.41) is 0.838. The second-order valence-corrected chi connectivity index (χ2v) is 15.5. The van der Waals surface area contributed by atoms with Crippen LogP contribution in [0.3, 0.4) is 0 Å². The van der Waals surface area contributed by atoms with E-state index >= 15 is 0 Å². The van der Waals surface area contributed by atoms with Crippen molar-refractivity contribution in [2.45, 2.75) is 38.9 Å². The highest BCUT2D eigenvalue weighted by Crippen LogP contribution is 2.39. The molecule has 0 bridgehead atoms. The summed E-state index contributed by atoms with van der Waals surface area (Å²) in [7, 11) is -2.94. The van der Waals surface area contributed by atoms with E-state index in [9.17, 15) is 4.57 Å². The number of hydrogen-bond donors (Lipinski definition) is 0. The first-order valence-electron chi connectivity index (χ1n) is 14.4. The molecule has 6 rings (SSSR count). The van der Waals surface area contributed by atoms with Crippen LogP contribution >= 0.6 is 7.14 Å². The van der Waals surface area contributed by atoms with E-state index in [4.69, 9.17) is 24.3 Å². The molecule has 8 heteroatoms. The first kappa shape index (κ1) is 29.2. The molecule has 1 fully saturated rings. The largest absolute Gasteiger partial charge is 0.494 e. The van der Waals surface area contributed by atoms with Gasteiger partial charge in [-0.05, 0) is 57.6 Å². The van der Waals surface area contributed by atoms with Crippen LogP contribution in [0.4, 0.5) is 0 Å². The van der Waals surface area contributed by atoms with E-state index in [-0.39, 0.29) is 0 Å². The predicted molar refractivity (Wildman–Crippen MR) is 176 cm³/mol. The van der Waals surface area contributed by atoms with Gasteiger partial charge in [0.1, 0.15) is 7.14 Å². The van der Waals surface area contributed by atoms with Crippen molar-refractivity contribution >= 4 is 25.0 Å². The van der Waals surface area contributed by atoms with Gasteiger partial charge in [0.25, 0.3) is 0 Å². The second-order valence-electron chi connectivity index (χ2n) is 12.3. The lowest BCUT2D eigenvalue weighted by Crippen LogP contribution is -2.41. The van der Waals surface area contributed by atoms with E-state index in [1.165, 1.54) is 0 Å². The molecule has 1 aliphatic rings. The number of nitrogens with zero attached hydrogens (tertiary/aromatic N) is 3. The Morgan fingerprint density at radius 3 is 1.56 bits per heavy atom. The minimum Gasteiger partial charge on any atom is -0.399 e. The first-order chi connectivity index (χ1) is 20.4. The van der Waals surface area contributed by atoms with E-state index in [1.54, 1.807) is 13.3 Å². The molecule has 1 aliphatic heterocycles. The fourth-order valence-electron chi connectivity index (χ4n) is 5.05. The Balaban J connectivity index is 1.56. The quantitative estimate of drug-likeness (QED) is 0.156. The average molecular weight is 587 g/mol. The molecule has 4 aromatic carbocycles. The number of benzene rings is 4. The molecule has 216 valence electrons. The lowest BCUT2D eigenvalue weighted by Gasteiger charge is -2.32. The van der Waals surface area contributed by atoms with Gasteiger partial charge in [0, 0.05) is 22.0 Å². The molecular weight excluding hydrogens is 552 g/mol. The summed E-state index contributed by atoms with van der Waals surface area (Å²) < 4.78 is 25.6. The number of aromatic nitrogens is 3. The highest BCUT2D eigenvalue weighted by Gasteiger charge is 2.51. The molecule has 6 nitrogen and oxygen atoms in total. The van der Waals surface area contributed by atoms with Crippen LogP contribution in [0, 0.1) is 0 Å². The highest BCUT2D eigenvalue weighted by atomic mass is 31.2. The van der Waals surface area contributed by atoms with Gasteiger partial charge in [-0.3, -0.25) is 0 Å². The Bertz CT molecular complexity index is 1750. The molecule has 0 saturated carbocycles. The summed E-state index contributed by atoms with van der Waals surface area (Å²) >= 11 is 0. The highest BCUT2D eigenvalue weighted by molar-refractivity contribution is 7.70. The van der Waals surface area contributed by atoms with E-state index in [1.807, 2.05) is 119 Å². The maximum Gasteiger partial charge on any atom is 0.494 e. The van der Waals surface area contributed by atoms with E-state index < -0.39 is 25.5 Å². The van der Waals surface area contributed by atoms with Crippen molar-refractivity contribution < 1.29 is 13.9 Å². The van der Waals surface area contributed by atoms with Crippen molar-refractivity contribution in [3.8, 4) is 45.3 Å². The maximum atomic E-state index is 12.7. The maximum absolute atomic E-state index is 12.7. The lowest BCUT2D eigenvalue weighted by atomic mass is 9.77. The minimum absolute atomic E-state index is 0.477. The van der Waals surface area contributed by atoms with Crippen LogP contribution in [0.5, 0.6) is 0 Å². The average Bonchev–Trinajstić information content (AvgIpc) is 3.23. The van der Waals surface area contributed by atoms with Gasteiger partial charge in [-0.2, -0.15) is 0 Å². The minimum atomic E-state index is -2.39. The van der Waals surface area contributed by atoms with Crippen molar-refractivity contribution in [3.63, 3.8) is 0 Å². The van der Waals surface area contributed by atoms with Crippen molar-refractivity contribution in [1.82, 2.24) is 15.0 Å². The van der Waals surface area contributed by atoms with Crippen LogP contribution in [-0.4, -0.2) is 46.6 Å². The lowest BCUT2D eigenvalue weighted by molar-refractivity contribution is 0.00578. The Hall–Kier alpha value is -3.90. The van der Waals surface area contributed by atoms with Gasteiger partial charge >= 0.3 is 7.12 Å². The Kier molecular flexibility index (Phi) is 7.46. The molecule has 0 aliphatic carbocycles. The van der Waals surface area contributed by atoms with Crippen LogP contribution < -0.4 is 10.8 Å². The standard InChI is InChI=1S/C35H35BN3O3P/c1-34(2)35(3,4)42-36(41-34)27-19-22-29(24-17-20-28(21-18-24)43(5,6)40)30(23-27)33-38-31(25-13-9-7-10-14-25)37-32(39-33)26-15-11-8-12-16-26/h7-23H,1-6H3. The Labute approximate surface area is 254 Å². The third-order valence-electron chi connectivity index (χ3n) is 8.31. The van der Waals surface area contributed by atoms with Crippen molar-refractivity contribution in [2.24, 2.45) is 0 Å². The van der Waals surface area contributed by atoms with Crippen LogP contribution in [-0.2, 0) is 13.9 Å². The number of rotatable bonds is 6. The second kappa shape index (κ2) is 11.0. The van der Waals surface area contributed by atoms with E-state index in [0.717, 1.165) is 38.6 Å². The van der Waals surface area contributed by atoms with Crippen molar-refractivity contribution in [3.05, 3.63) is 103 Å². The molecule has 1 aromatic heterocycles. The normalized spacial score (nSPS) is 15.9. The smallest absolute Gasteiger partial charge is 0.399 e. The van der Waals surface area contributed by atoms with Crippen molar-refractivity contribution in [2.75, 3.05) is 13.3 Å². The Morgan fingerprint density at radius 2 is 1.07 bits per heavy atom. The van der Waals surface area contributed by atoms with Crippen LogP contribution in [0.15, 0.2) is 103 Å². The topological polar surface area (TPSA) is 74.2 Å². The van der Waals surface area contributed by atoms with Gasteiger partial charge in [0.2, 0.25) is 0 Å². The fraction of sp³-hybridized carbons (Fsp3) is 0.229. The fourth-order valence-corrected chi connectivity index (χ4v) is 5.92. The van der Waals surface area contributed by atoms with Crippen LogP contribution in [0.25, 0.3) is 45.3 Å². The van der Waals surface area contributed by atoms with E-state index in [0.29, 0.717) is 17.5 Å². The summed E-state index contributed by atoms with van der Waals surface area (Å²) in [6, 6.07) is 34.0. The molecule has 0 atom stereocenters.